The van der Waals surface area contributed by atoms with Gasteiger partial charge in [-0.05, 0) is 60.1 Å². The van der Waals surface area contributed by atoms with Crippen molar-refractivity contribution in [3.8, 4) is 5.75 Å². The van der Waals surface area contributed by atoms with Crippen molar-refractivity contribution in [3.05, 3.63) is 64.2 Å². The normalized spacial score (nSPS) is 15.7. The van der Waals surface area contributed by atoms with Crippen molar-refractivity contribution in [2.24, 2.45) is 0 Å². The minimum Gasteiger partial charge on any atom is -0.489 e. The second kappa shape index (κ2) is 8.34. The lowest BCUT2D eigenvalue weighted by atomic mass is 9.82. The topological polar surface area (TPSA) is 29.5 Å². The number of alkyl halides is 3. The molecule has 1 fully saturated rings. The minimum atomic E-state index is -4.38. The van der Waals surface area contributed by atoms with Crippen LogP contribution in [-0.4, -0.2) is 5.11 Å². The Labute approximate surface area is 158 Å². The maximum absolute atomic E-state index is 13.6. The fourth-order valence-corrected chi connectivity index (χ4v) is 3.83. The number of aliphatic hydroxyl groups is 1. The van der Waals surface area contributed by atoms with Crippen LogP contribution in [0.2, 0.25) is 0 Å². The zero-order valence-electron chi connectivity index (χ0n) is 15.5. The number of halogens is 3. The van der Waals surface area contributed by atoms with E-state index in [1.165, 1.54) is 0 Å². The second-order valence-corrected chi connectivity index (χ2v) is 7.29. The number of rotatable bonds is 5. The Morgan fingerprint density at radius 1 is 1.04 bits per heavy atom. The molecule has 0 radical (unpaired) electrons. The zero-order valence-corrected chi connectivity index (χ0v) is 15.5. The summed E-state index contributed by atoms with van der Waals surface area (Å²) in [5.74, 6) is 0.212. The van der Waals surface area contributed by atoms with E-state index >= 15 is 0 Å². The fourth-order valence-electron chi connectivity index (χ4n) is 3.83. The van der Waals surface area contributed by atoms with E-state index in [4.69, 9.17) is 4.74 Å². The molecule has 2 nitrogen and oxygen atoms in total. The molecule has 0 atom stereocenters. The lowest BCUT2D eigenvalue weighted by Crippen LogP contribution is -2.14. The van der Waals surface area contributed by atoms with Gasteiger partial charge in [-0.25, -0.2) is 0 Å². The third-order valence-corrected chi connectivity index (χ3v) is 5.36. The largest absolute Gasteiger partial charge is 0.489 e. The summed E-state index contributed by atoms with van der Waals surface area (Å²) in [4.78, 5) is 0. The summed E-state index contributed by atoms with van der Waals surface area (Å²) >= 11 is 0. The summed E-state index contributed by atoms with van der Waals surface area (Å²) in [6, 6.07) is 9.88. The highest BCUT2D eigenvalue weighted by Crippen LogP contribution is 2.42. The van der Waals surface area contributed by atoms with Crippen LogP contribution in [0, 0.1) is 6.92 Å². The summed E-state index contributed by atoms with van der Waals surface area (Å²) in [5, 5.41) is 9.22. The van der Waals surface area contributed by atoms with Gasteiger partial charge in [0.15, 0.2) is 0 Å². The highest BCUT2D eigenvalue weighted by molar-refractivity contribution is 5.40. The van der Waals surface area contributed by atoms with E-state index in [9.17, 15) is 18.3 Å². The predicted octanol–water partition coefficient (Wildman–Crippen LogP) is 6.13. The van der Waals surface area contributed by atoms with Crippen LogP contribution in [0.1, 0.15) is 65.8 Å². The summed E-state index contributed by atoms with van der Waals surface area (Å²) in [5.41, 5.74) is 2.45. The average molecular weight is 378 g/mol. The molecule has 0 heterocycles. The van der Waals surface area contributed by atoms with Crippen LogP contribution in [0.5, 0.6) is 5.75 Å². The van der Waals surface area contributed by atoms with Crippen LogP contribution in [0.15, 0.2) is 36.4 Å². The lowest BCUT2D eigenvalue weighted by molar-refractivity contribution is -0.138. The van der Waals surface area contributed by atoms with Crippen molar-refractivity contribution < 1.29 is 23.0 Å². The summed E-state index contributed by atoms with van der Waals surface area (Å²) in [6.07, 6.45) is 0.339. The predicted molar refractivity (Wildman–Crippen MR) is 98.7 cm³/mol. The second-order valence-electron chi connectivity index (χ2n) is 7.29. The van der Waals surface area contributed by atoms with Crippen LogP contribution in [0.4, 0.5) is 13.2 Å². The summed E-state index contributed by atoms with van der Waals surface area (Å²) in [7, 11) is 0. The molecule has 0 saturated heterocycles. The monoisotopic (exact) mass is 378 g/mol. The van der Waals surface area contributed by atoms with Gasteiger partial charge in [-0.3, -0.25) is 0 Å². The van der Waals surface area contributed by atoms with Crippen LogP contribution in [0.25, 0.3) is 0 Å². The SMILES string of the molecule is Cc1cc(COc2ccc(C3CCCCC3)c(C(F)(F)F)c2)ccc1CO. The van der Waals surface area contributed by atoms with Crippen molar-refractivity contribution in [1.82, 2.24) is 0 Å². The van der Waals surface area contributed by atoms with E-state index in [1.54, 1.807) is 18.2 Å². The van der Waals surface area contributed by atoms with Gasteiger partial charge in [0.05, 0.1) is 12.2 Å². The van der Waals surface area contributed by atoms with Crippen molar-refractivity contribution in [2.45, 2.75) is 64.3 Å². The van der Waals surface area contributed by atoms with Gasteiger partial charge < -0.3 is 9.84 Å². The molecule has 5 heteroatoms. The Kier molecular flexibility index (Phi) is 6.10. The van der Waals surface area contributed by atoms with E-state index in [2.05, 4.69) is 0 Å². The van der Waals surface area contributed by atoms with Gasteiger partial charge in [-0.15, -0.1) is 0 Å². The highest BCUT2D eigenvalue weighted by atomic mass is 19.4. The number of hydrogen-bond acceptors (Lipinski definition) is 2. The molecule has 1 aliphatic rings. The van der Waals surface area contributed by atoms with E-state index in [0.717, 1.165) is 54.9 Å². The highest BCUT2D eigenvalue weighted by Gasteiger charge is 2.36. The molecule has 0 aliphatic heterocycles. The van der Waals surface area contributed by atoms with Gasteiger partial charge in [0, 0.05) is 0 Å². The quantitative estimate of drug-likeness (QED) is 0.678. The zero-order chi connectivity index (χ0) is 19.4. The third-order valence-electron chi connectivity index (χ3n) is 5.36. The average Bonchev–Trinajstić information content (AvgIpc) is 2.66. The molecular formula is C22H25F3O2. The number of hydrogen-bond donors (Lipinski definition) is 1. The Balaban J connectivity index is 1.79. The summed E-state index contributed by atoms with van der Waals surface area (Å²) < 4.78 is 46.4. The first-order valence-corrected chi connectivity index (χ1v) is 9.41. The minimum absolute atomic E-state index is 0.0156. The van der Waals surface area contributed by atoms with Gasteiger partial charge >= 0.3 is 6.18 Å². The van der Waals surface area contributed by atoms with Gasteiger partial charge in [-0.1, -0.05) is 43.5 Å². The van der Waals surface area contributed by atoms with Gasteiger partial charge in [-0.2, -0.15) is 13.2 Å². The number of aryl methyl sites for hydroxylation is 1. The molecule has 0 spiro atoms. The van der Waals surface area contributed by atoms with Crippen molar-refractivity contribution in [1.29, 1.82) is 0 Å². The summed E-state index contributed by atoms with van der Waals surface area (Å²) in [6.45, 7) is 2.03. The first kappa shape index (κ1) is 19.7. The Morgan fingerprint density at radius 2 is 1.78 bits per heavy atom. The molecule has 2 aromatic rings. The fraction of sp³-hybridized carbons (Fsp3) is 0.455. The standard InChI is InChI=1S/C22H25F3O2/c1-15-11-16(7-8-18(15)13-26)14-27-19-9-10-20(17-5-3-2-4-6-17)21(12-19)22(23,24)25/h7-12,17,26H,2-6,13-14H2,1H3. The molecule has 2 aromatic carbocycles. The maximum atomic E-state index is 13.6. The number of benzene rings is 2. The first-order valence-electron chi connectivity index (χ1n) is 9.41. The van der Waals surface area contributed by atoms with Crippen LogP contribution in [0.3, 0.4) is 0 Å². The van der Waals surface area contributed by atoms with Gasteiger partial charge in [0.25, 0.3) is 0 Å². The van der Waals surface area contributed by atoms with E-state index < -0.39 is 11.7 Å². The third kappa shape index (κ3) is 4.83. The Bertz CT molecular complexity index is 778. The van der Waals surface area contributed by atoms with Crippen molar-refractivity contribution >= 4 is 0 Å². The lowest BCUT2D eigenvalue weighted by Gasteiger charge is -2.25. The molecular weight excluding hydrogens is 353 g/mol. The maximum Gasteiger partial charge on any atom is 0.416 e. The Hall–Kier alpha value is -2.01. The number of aliphatic hydroxyl groups excluding tert-OH is 1. The van der Waals surface area contributed by atoms with Gasteiger partial charge in [0.2, 0.25) is 0 Å². The molecule has 146 valence electrons. The molecule has 1 aliphatic carbocycles. The molecule has 1 saturated carbocycles. The van der Waals surface area contributed by atoms with Crippen LogP contribution >= 0.6 is 0 Å². The van der Waals surface area contributed by atoms with Gasteiger partial charge in [0.1, 0.15) is 12.4 Å². The molecule has 27 heavy (non-hydrogen) atoms. The van der Waals surface area contributed by atoms with E-state index in [0.29, 0.717) is 5.56 Å². The molecule has 0 amide bonds. The van der Waals surface area contributed by atoms with Crippen molar-refractivity contribution in [3.63, 3.8) is 0 Å². The van der Waals surface area contributed by atoms with Crippen molar-refractivity contribution in [2.75, 3.05) is 0 Å². The smallest absolute Gasteiger partial charge is 0.416 e. The molecule has 0 unspecified atom stereocenters. The van der Waals surface area contributed by atoms with E-state index in [1.807, 2.05) is 19.1 Å². The first-order chi connectivity index (χ1) is 12.9. The van der Waals surface area contributed by atoms with E-state index in [-0.39, 0.29) is 24.9 Å². The Morgan fingerprint density at radius 3 is 2.41 bits per heavy atom. The molecule has 3 rings (SSSR count). The number of ether oxygens (including phenoxy) is 1. The van der Waals surface area contributed by atoms with Crippen LogP contribution < -0.4 is 4.74 Å². The van der Waals surface area contributed by atoms with Crippen LogP contribution in [-0.2, 0) is 19.4 Å². The molecule has 1 N–H and O–H groups in total. The molecule has 0 bridgehead atoms. The molecule has 0 aromatic heterocycles.